The number of nitrogens with zero attached hydrogens (tertiary/aromatic N) is 3. The van der Waals surface area contributed by atoms with Crippen molar-refractivity contribution in [3.8, 4) is 0 Å². The Morgan fingerprint density at radius 2 is 1.37 bits per heavy atom. The molecule has 3 fully saturated rings. The Morgan fingerprint density at radius 1 is 0.842 bits per heavy atom. The summed E-state index contributed by atoms with van der Waals surface area (Å²) < 4.78 is 0. The van der Waals surface area contributed by atoms with Gasteiger partial charge in [-0.15, -0.1) is 0 Å². The van der Waals surface area contributed by atoms with Crippen LogP contribution in [0.5, 0.6) is 0 Å². The second-order valence-electron chi connectivity index (χ2n) is 8.08. The van der Waals surface area contributed by atoms with Crippen molar-refractivity contribution in [1.29, 1.82) is 0 Å². The van der Waals surface area contributed by atoms with Gasteiger partial charge in [-0.05, 0) is 52.5 Å². The van der Waals surface area contributed by atoms with Crippen molar-refractivity contribution >= 4 is 0 Å². The van der Waals surface area contributed by atoms with E-state index in [1.807, 2.05) is 0 Å². The highest BCUT2D eigenvalue weighted by Crippen LogP contribution is 2.34. The van der Waals surface area contributed by atoms with Crippen LogP contribution in [-0.4, -0.2) is 72.6 Å². The molecule has 0 saturated carbocycles. The summed E-state index contributed by atoms with van der Waals surface area (Å²) in [6.07, 6.45) is 2.76. The molecule has 3 heteroatoms. The molecule has 0 radical (unpaired) electrons. The largest absolute Gasteiger partial charge is 0.306 e. The molecule has 3 saturated heterocycles. The van der Waals surface area contributed by atoms with Gasteiger partial charge in [-0.2, -0.15) is 0 Å². The van der Waals surface area contributed by atoms with E-state index in [2.05, 4.69) is 42.5 Å². The molecule has 3 rings (SSSR count). The first-order chi connectivity index (χ1) is 8.93. The molecular weight excluding hydrogens is 234 g/mol. The van der Waals surface area contributed by atoms with E-state index in [-0.39, 0.29) is 0 Å². The second kappa shape index (κ2) is 5.01. The van der Waals surface area contributed by atoms with Gasteiger partial charge in [0, 0.05) is 50.8 Å². The summed E-state index contributed by atoms with van der Waals surface area (Å²) in [5, 5.41) is 0. The summed E-state index contributed by atoms with van der Waals surface area (Å²) in [6, 6.07) is 0.870. The fourth-order valence-corrected chi connectivity index (χ4v) is 4.46. The van der Waals surface area contributed by atoms with E-state index < -0.39 is 0 Å². The molecule has 3 aliphatic rings. The Morgan fingerprint density at radius 3 is 1.84 bits per heavy atom. The average Bonchev–Trinajstić information content (AvgIpc) is 2.85. The number of likely N-dealkylation sites (tertiary alicyclic amines) is 3. The molecule has 0 spiro atoms. The van der Waals surface area contributed by atoms with Gasteiger partial charge in [0.2, 0.25) is 0 Å². The van der Waals surface area contributed by atoms with E-state index >= 15 is 0 Å². The van der Waals surface area contributed by atoms with Crippen LogP contribution in [0.2, 0.25) is 0 Å². The van der Waals surface area contributed by atoms with Gasteiger partial charge in [-0.1, -0.05) is 0 Å². The lowest BCUT2D eigenvalue weighted by Crippen LogP contribution is -2.50. The fourth-order valence-electron chi connectivity index (χ4n) is 4.46. The molecule has 0 aromatic heterocycles. The molecule has 3 aliphatic heterocycles. The van der Waals surface area contributed by atoms with Crippen LogP contribution >= 0.6 is 0 Å². The van der Waals surface area contributed by atoms with Crippen LogP contribution in [0.25, 0.3) is 0 Å². The molecular formula is C16H31N3. The van der Waals surface area contributed by atoms with Crippen molar-refractivity contribution in [2.45, 2.75) is 45.2 Å². The predicted octanol–water partition coefficient (Wildman–Crippen LogP) is 1.74. The molecule has 3 nitrogen and oxygen atoms in total. The van der Waals surface area contributed by atoms with Gasteiger partial charge >= 0.3 is 0 Å². The quantitative estimate of drug-likeness (QED) is 0.715. The zero-order valence-corrected chi connectivity index (χ0v) is 13.2. The molecule has 3 heterocycles. The van der Waals surface area contributed by atoms with E-state index in [1.54, 1.807) is 0 Å². The van der Waals surface area contributed by atoms with Crippen LogP contribution in [0.1, 0.15) is 33.6 Å². The van der Waals surface area contributed by atoms with Crippen LogP contribution < -0.4 is 0 Å². The third-order valence-corrected chi connectivity index (χ3v) is 5.63. The minimum Gasteiger partial charge on any atom is -0.306 e. The van der Waals surface area contributed by atoms with Crippen LogP contribution in [-0.2, 0) is 0 Å². The highest BCUT2D eigenvalue weighted by Gasteiger charge is 2.41. The van der Waals surface area contributed by atoms with E-state index in [9.17, 15) is 0 Å². The first-order valence-electron chi connectivity index (χ1n) is 8.11. The highest BCUT2D eigenvalue weighted by molar-refractivity contribution is 4.95. The molecule has 0 N–H and O–H groups in total. The standard InChI is InChI=1S/C16H31N3/c1-16(2,3)19-7-5-15(6-8-19)18-11-13-9-17(4)10-14(13)12-18/h13-15H,5-12H2,1-4H3. The Hall–Kier alpha value is -0.120. The number of rotatable bonds is 1. The lowest BCUT2D eigenvalue weighted by atomic mass is 9.97. The van der Waals surface area contributed by atoms with Gasteiger partial charge in [0.15, 0.2) is 0 Å². The summed E-state index contributed by atoms with van der Waals surface area (Å²) in [5.74, 6) is 1.93. The third kappa shape index (κ3) is 2.84. The summed E-state index contributed by atoms with van der Waals surface area (Å²) >= 11 is 0. The average molecular weight is 265 g/mol. The van der Waals surface area contributed by atoms with Gasteiger partial charge in [0.1, 0.15) is 0 Å². The van der Waals surface area contributed by atoms with Crippen LogP contribution in [0.3, 0.4) is 0 Å². The highest BCUT2D eigenvalue weighted by atomic mass is 15.3. The minimum atomic E-state index is 0.356. The van der Waals surface area contributed by atoms with Gasteiger partial charge in [-0.25, -0.2) is 0 Å². The molecule has 0 amide bonds. The first kappa shape index (κ1) is 13.8. The van der Waals surface area contributed by atoms with Crippen LogP contribution in [0.15, 0.2) is 0 Å². The molecule has 110 valence electrons. The molecule has 19 heavy (non-hydrogen) atoms. The number of piperidine rings is 1. The second-order valence-corrected chi connectivity index (χ2v) is 8.08. The Bertz CT molecular complexity index is 300. The summed E-state index contributed by atoms with van der Waals surface area (Å²) in [6.45, 7) is 15.0. The van der Waals surface area contributed by atoms with Crippen molar-refractivity contribution in [3.63, 3.8) is 0 Å². The van der Waals surface area contributed by atoms with Gasteiger partial charge in [0.25, 0.3) is 0 Å². The van der Waals surface area contributed by atoms with Crippen LogP contribution in [0, 0.1) is 11.8 Å². The lowest BCUT2D eigenvalue weighted by molar-refractivity contribution is 0.0612. The molecule has 2 unspecified atom stereocenters. The Labute approximate surface area is 118 Å². The van der Waals surface area contributed by atoms with E-state index in [1.165, 1.54) is 52.1 Å². The smallest absolute Gasteiger partial charge is 0.0125 e. The maximum absolute atomic E-state index is 2.82. The zero-order chi connectivity index (χ0) is 13.6. The third-order valence-electron chi connectivity index (χ3n) is 5.63. The molecule has 0 aromatic carbocycles. The fraction of sp³-hybridized carbons (Fsp3) is 1.00. The van der Waals surface area contributed by atoms with Crippen molar-refractivity contribution in [2.75, 3.05) is 46.3 Å². The SMILES string of the molecule is CN1CC2CN(C3CCN(C(C)(C)C)CC3)CC2C1. The Kier molecular flexibility index (Phi) is 3.65. The molecule has 0 bridgehead atoms. The van der Waals surface area contributed by atoms with Crippen molar-refractivity contribution in [2.24, 2.45) is 11.8 Å². The van der Waals surface area contributed by atoms with Gasteiger partial charge in [-0.3, -0.25) is 9.80 Å². The number of fused-ring (bicyclic) bond motifs is 1. The van der Waals surface area contributed by atoms with Gasteiger partial charge in [0.05, 0.1) is 0 Å². The summed E-state index contributed by atoms with van der Waals surface area (Å²) in [5.41, 5.74) is 0.356. The van der Waals surface area contributed by atoms with E-state index in [0.29, 0.717) is 5.54 Å². The van der Waals surface area contributed by atoms with E-state index in [0.717, 1.165) is 17.9 Å². The van der Waals surface area contributed by atoms with Crippen molar-refractivity contribution < 1.29 is 0 Å². The topological polar surface area (TPSA) is 9.72 Å². The molecule has 0 aromatic rings. The number of hydrogen-bond donors (Lipinski definition) is 0. The van der Waals surface area contributed by atoms with Gasteiger partial charge < -0.3 is 4.90 Å². The van der Waals surface area contributed by atoms with Crippen LogP contribution in [0.4, 0.5) is 0 Å². The maximum Gasteiger partial charge on any atom is 0.0125 e. The molecule has 2 atom stereocenters. The molecule has 0 aliphatic carbocycles. The normalized spacial score (nSPS) is 36.0. The van der Waals surface area contributed by atoms with E-state index in [4.69, 9.17) is 0 Å². The van der Waals surface area contributed by atoms with Crippen molar-refractivity contribution in [3.05, 3.63) is 0 Å². The Balaban J connectivity index is 1.51. The lowest BCUT2D eigenvalue weighted by Gasteiger charge is -2.43. The summed E-state index contributed by atoms with van der Waals surface area (Å²) in [4.78, 5) is 8.01. The minimum absolute atomic E-state index is 0.356. The monoisotopic (exact) mass is 265 g/mol. The van der Waals surface area contributed by atoms with Crippen molar-refractivity contribution in [1.82, 2.24) is 14.7 Å². The predicted molar refractivity (Wildman–Crippen MR) is 80.4 cm³/mol. The summed E-state index contributed by atoms with van der Waals surface area (Å²) in [7, 11) is 2.28. The zero-order valence-electron chi connectivity index (χ0n) is 13.2. The first-order valence-corrected chi connectivity index (χ1v) is 8.11. The maximum atomic E-state index is 2.82. The number of hydrogen-bond acceptors (Lipinski definition) is 3.